The number of methoxy groups -OCH3 is 1. The molecule has 0 aromatic rings. The first-order valence-corrected chi connectivity index (χ1v) is 6.18. The highest BCUT2D eigenvalue weighted by Gasteiger charge is 2.26. The highest BCUT2D eigenvalue weighted by atomic mass is 16.5. The molecular weight excluding hydrogens is 220 g/mol. The lowest BCUT2D eigenvalue weighted by atomic mass is 9.83. The van der Waals surface area contributed by atoms with Gasteiger partial charge in [0.1, 0.15) is 0 Å². The fraction of sp³-hybridized carbons (Fsp3) is 0.917. The lowest BCUT2D eigenvalue weighted by Gasteiger charge is -2.30. The number of carbonyl (C=O) groups is 1. The van der Waals surface area contributed by atoms with Crippen molar-refractivity contribution in [1.29, 1.82) is 0 Å². The van der Waals surface area contributed by atoms with Gasteiger partial charge in [0.25, 0.3) is 0 Å². The third kappa shape index (κ3) is 5.48. The molecule has 0 bridgehead atoms. The second-order valence-corrected chi connectivity index (χ2v) is 4.47. The minimum absolute atomic E-state index is 0.0770. The third-order valence-corrected chi connectivity index (χ3v) is 3.44. The fourth-order valence-electron chi connectivity index (χ4n) is 1.56. The van der Waals surface area contributed by atoms with Gasteiger partial charge in [0, 0.05) is 25.7 Å². The minimum atomic E-state index is -0.542. The van der Waals surface area contributed by atoms with Crippen molar-refractivity contribution >= 4 is 5.91 Å². The first kappa shape index (κ1) is 16.4. The zero-order valence-electron chi connectivity index (χ0n) is 11.2. The number of aliphatic hydroxyl groups excluding tert-OH is 1. The minimum Gasteiger partial charge on any atom is -0.396 e. The monoisotopic (exact) mass is 246 g/mol. The molecule has 0 aromatic carbocycles. The molecule has 0 heterocycles. The fourth-order valence-corrected chi connectivity index (χ4v) is 1.56. The molecule has 0 fully saturated rings. The van der Waals surface area contributed by atoms with Gasteiger partial charge in [-0.05, 0) is 19.3 Å². The van der Waals surface area contributed by atoms with Crippen molar-refractivity contribution in [2.45, 2.75) is 39.2 Å². The molecule has 0 aliphatic carbocycles. The van der Waals surface area contributed by atoms with Crippen molar-refractivity contribution in [3.8, 4) is 0 Å². The summed E-state index contributed by atoms with van der Waals surface area (Å²) in [5.41, 5.74) is 5.48. The molecule has 0 aliphatic rings. The SMILES string of the molecule is CCC(CC)(CO)CNC(=O)C(N)CCOC. The summed E-state index contributed by atoms with van der Waals surface area (Å²) < 4.78 is 4.87. The second kappa shape index (κ2) is 8.44. The number of aliphatic hydroxyl groups is 1. The first-order chi connectivity index (χ1) is 8.05. The van der Waals surface area contributed by atoms with Gasteiger partial charge in [0.05, 0.1) is 12.6 Å². The smallest absolute Gasteiger partial charge is 0.237 e. The molecule has 102 valence electrons. The second-order valence-electron chi connectivity index (χ2n) is 4.47. The van der Waals surface area contributed by atoms with E-state index in [0.29, 0.717) is 19.6 Å². The van der Waals surface area contributed by atoms with Gasteiger partial charge < -0.3 is 20.9 Å². The maximum absolute atomic E-state index is 11.7. The molecule has 0 aliphatic heterocycles. The van der Waals surface area contributed by atoms with Crippen LogP contribution < -0.4 is 11.1 Å². The largest absolute Gasteiger partial charge is 0.396 e. The molecule has 17 heavy (non-hydrogen) atoms. The number of carbonyl (C=O) groups excluding carboxylic acids is 1. The Kier molecular flexibility index (Phi) is 8.12. The van der Waals surface area contributed by atoms with Crippen molar-refractivity contribution in [1.82, 2.24) is 5.32 Å². The average molecular weight is 246 g/mol. The van der Waals surface area contributed by atoms with Gasteiger partial charge in [-0.2, -0.15) is 0 Å². The van der Waals surface area contributed by atoms with Crippen molar-refractivity contribution in [3.63, 3.8) is 0 Å². The molecule has 0 saturated heterocycles. The van der Waals surface area contributed by atoms with Gasteiger partial charge in [0.2, 0.25) is 5.91 Å². The summed E-state index contributed by atoms with van der Waals surface area (Å²) in [6.45, 7) is 5.04. The van der Waals surface area contributed by atoms with E-state index in [2.05, 4.69) is 5.32 Å². The number of hydrogen-bond donors (Lipinski definition) is 3. The zero-order valence-corrected chi connectivity index (χ0v) is 11.2. The van der Waals surface area contributed by atoms with E-state index in [1.807, 2.05) is 13.8 Å². The Morgan fingerprint density at radius 2 is 2.06 bits per heavy atom. The Balaban J connectivity index is 4.12. The molecule has 1 amide bonds. The van der Waals surface area contributed by atoms with Gasteiger partial charge in [-0.15, -0.1) is 0 Å². The van der Waals surface area contributed by atoms with Gasteiger partial charge in [0.15, 0.2) is 0 Å². The predicted molar refractivity (Wildman–Crippen MR) is 67.6 cm³/mol. The first-order valence-electron chi connectivity index (χ1n) is 6.18. The highest BCUT2D eigenvalue weighted by Crippen LogP contribution is 2.24. The number of nitrogens with one attached hydrogen (secondary N) is 1. The van der Waals surface area contributed by atoms with Crippen LogP contribution in [0.3, 0.4) is 0 Å². The predicted octanol–water partition coefficient (Wildman–Crippen LogP) is 0.265. The zero-order chi connectivity index (χ0) is 13.3. The molecular formula is C12H26N2O3. The number of ether oxygens (including phenoxy) is 1. The molecule has 4 N–H and O–H groups in total. The van der Waals surface area contributed by atoms with Crippen molar-refractivity contribution in [2.75, 3.05) is 26.9 Å². The highest BCUT2D eigenvalue weighted by molar-refractivity contribution is 5.81. The topological polar surface area (TPSA) is 84.6 Å². The average Bonchev–Trinajstić information content (AvgIpc) is 2.37. The van der Waals surface area contributed by atoms with E-state index in [9.17, 15) is 9.90 Å². The molecule has 0 saturated carbocycles. The Bertz CT molecular complexity index is 210. The summed E-state index contributed by atoms with van der Waals surface area (Å²) >= 11 is 0. The van der Waals surface area contributed by atoms with E-state index in [-0.39, 0.29) is 17.9 Å². The number of hydrogen-bond acceptors (Lipinski definition) is 4. The molecule has 5 heteroatoms. The molecule has 0 aromatic heterocycles. The van der Waals surface area contributed by atoms with Crippen LogP contribution in [0, 0.1) is 5.41 Å². The van der Waals surface area contributed by atoms with Crippen LogP contribution in [0.2, 0.25) is 0 Å². The molecule has 1 unspecified atom stereocenters. The lowest BCUT2D eigenvalue weighted by molar-refractivity contribution is -0.123. The maximum Gasteiger partial charge on any atom is 0.237 e. The van der Waals surface area contributed by atoms with E-state index in [1.54, 1.807) is 7.11 Å². The normalized spacial score (nSPS) is 13.5. The number of amides is 1. The van der Waals surface area contributed by atoms with Gasteiger partial charge in [-0.3, -0.25) is 4.79 Å². The third-order valence-electron chi connectivity index (χ3n) is 3.44. The van der Waals surface area contributed by atoms with E-state index < -0.39 is 6.04 Å². The molecule has 0 rings (SSSR count). The van der Waals surface area contributed by atoms with Crippen LogP contribution in [0.5, 0.6) is 0 Å². The standard InChI is InChI=1S/C12H26N2O3/c1-4-12(5-2,9-15)8-14-11(16)10(13)6-7-17-3/h10,15H,4-9,13H2,1-3H3,(H,14,16). The van der Waals surface area contributed by atoms with Crippen LogP contribution in [-0.4, -0.2) is 43.9 Å². The molecule has 5 nitrogen and oxygen atoms in total. The van der Waals surface area contributed by atoms with Crippen LogP contribution in [0.1, 0.15) is 33.1 Å². The number of rotatable bonds is 9. The van der Waals surface area contributed by atoms with Gasteiger partial charge >= 0.3 is 0 Å². The lowest BCUT2D eigenvalue weighted by Crippen LogP contribution is -2.46. The molecule has 1 atom stereocenters. The van der Waals surface area contributed by atoms with E-state index in [1.165, 1.54) is 0 Å². The van der Waals surface area contributed by atoms with Crippen molar-refractivity contribution in [2.24, 2.45) is 11.1 Å². The van der Waals surface area contributed by atoms with E-state index >= 15 is 0 Å². The summed E-state index contributed by atoms with van der Waals surface area (Å²) in [5, 5.41) is 12.2. The van der Waals surface area contributed by atoms with Gasteiger partial charge in [-0.1, -0.05) is 13.8 Å². The summed E-state index contributed by atoms with van der Waals surface area (Å²) in [5.74, 6) is -0.179. The van der Waals surface area contributed by atoms with Crippen LogP contribution >= 0.6 is 0 Å². The maximum atomic E-state index is 11.7. The quantitative estimate of drug-likeness (QED) is 0.545. The summed E-state index contributed by atoms with van der Waals surface area (Å²) in [6, 6.07) is -0.542. The van der Waals surface area contributed by atoms with Crippen molar-refractivity contribution < 1.29 is 14.6 Å². The van der Waals surface area contributed by atoms with Crippen LogP contribution in [0.25, 0.3) is 0 Å². The van der Waals surface area contributed by atoms with Gasteiger partial charge in [-0.25, -0.2) is 0 Å². The van der Waals surface area contributed by atoms with E-state index in [4.69, 9.17) is 10.5 Å². The number of nitrogens with two attached hydrogens (primary N) is 1. The molecule has 0 spiro atoms. The van der Waals surface area contributed by atoms with Crippen molar-refractivity contribution in [3.05, 3.63) is 0 Å². The van der Waals surface area contributed by atoms with Crippen LogP contribution in [0.15, 0.2) is 0 Å². The van der Waals surface area contributed by atoms with E-state index in [0.717, 1.165) is 12.8 Å². The summed E-state index contributed by atoms with van der Waals surface area (Å²) in [4.78, 5) is 11.7. The Morgan fingerprint density at radius 3 is 2.47 bits per heavy atom. The Hall–Kier alpha value is -0.650. The van der Waals surface area contributed by atoms with Crippen LogP contribution in [-0.2, 0) is 9.53 Å². The summed E-state index contributed by atoms with van der Waals surface area (Å²) in [7, 11) is 1.58. The summed E-state index contributed by atoms with van der Waals surface area (Å²) in [6.07, 6.45) is 2.16. The molecule has 0 radical (unpaired) electrons. The Labute approximate surface area is 104 Å². The van der Waals surface area contributed by atoms with Crippen LogP contribution in [0.4, 0.5) is 0 Å². The Morgan fingerprint density at radius 1 is 1.47 bits per heavy atom.